The van der Waals surface area contributed by atoms with Gasteiger partial charge >= 0.3 is 5.97 Å². The predicted molar refractivity (Wildman–Crippen MR) is 217 cm³/mol. The Morgan fingerprint density at radius 2 is 1.44 bits per heavy atom. The third-order valence-electron chi connectivity index (χ3n) is 17.0. The first-order valence-electron chi connectivity index (χ1n) is 20.7. The van der Waals surface area contributed by atoms with Crippen LogP contribution in [0.3, 0.4) is 0 Å². The first-order chi connectivity index (χ1) is 23.8. The molecule has 0 N–H and O–H groups in total. The smallest absolute Gasteiger partial charge is 0.338 e. The summed E-state index contributed by atoms with van der Waals surface area (Å²) < 4.78 is 12.4. The van der Waals surface area contributed by atoms with Gasteiger partial charge in [0, 0.05) is 0 Å². The van der Waals surface area contributed by atoms with Crippen molar-refractivity contribution in [2.24, 2.45) is 56.7 Å². The largest absolute Gasteiger partial charge is 0.519 e. The van der Waals surface area contributed by atoms with Gasteiger partial charge in [-0.2, -0.15) is 0 Å². The van der Waals surface area contributed by atoms with E-state index in [0.717, 1.165) is 32.1 Å². The molecule has 5 heteroatoms. The molecule has 52 heavy (non-hydrogen) atoms. The van der Waals surface area contributed by atoms with Crippen molar-refractivity contribution in [2.45, 2.75) is 165 Å². The van der Waals surface area contributed by atoms with Crippen LogP contribution in [0.25, 0.3) is 5.57 Å². The summed E-state index contributed by atoms with van der Waals surface area (Å²) in [6.45, 7) is 36.7. The molecule has 5 aliphatic carbocycles. The van der Waals surface area contributed by atoms with Gasteiger partial charge in [0.05, 0.1) is 11.0 Å². The molecule has 0 radical (unpaired) electrons. The van der Waals surface area contributed by atoms with Crippen LogP contribution in [0.4, 0.5) is 0 Å². The van der Waals surface area contributed by atoms with Crippen LogP contribution in [0.5, 0.6) is 0 Å². The molecule has 4 saturated carbocycles. The van der Waals surface area contributed by atoms with Crippen LogP contribution in [-0.2, 0) is 14.0 Å². The summed E-state index contributed by atoms with van der Waals surface area (Å²) in [6, 6.07) is 8.17. The van der Waals surface area contributed by atoms with E-state index in [0.29, 0.717) is 35.2 Å². The average Bonchev–Trinajstić information content (AvgIpc) is 3.41. The molecule has 0 heterocycles. The number of hydrogen-bond donors (Lipinski definition) is 0. The summed E-state index contributed by atoms with van der Waals surface area (Å²) >= 11 is 0. The second-order valence-corrected chi connectivity index (χ2v) is 26.8. The Morgan fingerprint density at radius 1 is 0.808 bits per heavy atom. The second-order valence-electron chi connectivity index (χ2n) is 22.1. The molecule has 4 fully saturated rings. The fraction of sp³-hybridized carbons (Fsp3) is 0.745. The number of allylic oxidation sites excluding steroid dienone is 3. The maximum absolute atomic E-state index is 14.7. The normalized spacial score (nSPS) is 38.5. The van der Waals surface area contributed by atoms with Crippen LogP contribution < -0.4 is 0 Å². The standard InChI is InChI=1S/C47H72O4Si/c1-30(2)33-22-27-47(40(49)51-52(14,15)42(6,7)8)29-28-45(12)35(38(33)47)20-21-37-44(11)25-23-34(43(9,10)36(44)24-26-46(37,45)13)31-16-18-32(19-17-31)39(48)50-41(3,4)5/h16-19,23,33,35-38H,1,20-22,24-29H2,2-15H3/t33-,35+,36-,37+,38+,44-,45+,46+,47-/m0/s1. The van der Waals surface area contributed by atoms with Crippen LogP contribution in [0.1, 0.15) is 157 Å². The topological polar surface area (TPSA) is 52.6 Å². The van der Waals surface area contributed by atoms with Gasteiger partial charge in [-0.1, -0.05) is 85.8 Å². The van der Waals surface area contributed by atoms with Crippen LogP contribution in [0.15, 0.2) is 42.5 Å². The highest BCUT2D eigenvalue weighted by atomic mass is 28.4. The van der Waals surface area contributed by atoms with Crippen molar-refractivity contribution in [3.05, 3.63) is 53.6 Å². The summed E-state index contributed by atoms with van der Waals surface area (Å²) in [5.74, 6) is 2.28. The molecule has 9 atom stereocenters. The molecule has 0 spiro atoms. The van der Waals surface area contributed by atoms with Crippen molar-refractivity contribution in [1.82, 2.24) is 0 Å². The molecule has 0 unspecified atom stereocenters. The van der Waals surface area contributed by atoms with E-state index in [1.54, 1.807) is 0 Å². The first kappa shape index (κ1) is 39.5. The molecule has 1 aromatic rings. The van der Waals surface area contributed by atoms with E-state index in [-0.39, 0.29) is 44.1 Å². The van der Waals surface area contributed by atoms with Gasteiger partial charge in [0.25, 0.3) is 14.3 Å². The molecule has 0 saturated heterocycles. The Bertz CT molecular complexity index is 1640. The number of carbonyl (C=O) groups is 2. The van der Waals surface area contributed by atoms with Crippen LogP contribution >= 0.6 is 0 Å². The van der Waals surface area contributed by atoms with E-state index in [4.69, 9.17) is 9.16 Å². The number of carbonyl (C=O) groups excluding carboxylic acids is 2. The minimum Gasteiger partial charge on any atom is -0.519 e. The van der Waals surface area contributed by atoms with Gasteiger partial charge in [0.2, 0.25) is 0 Å². The number of rotatable bonds is 5. The van der Waals surface area contributed by atoms with E-state index in [1.807, 2.05) is 32.9 Å². The molecule has 0 bridgehead atoms. The monoisotopic (exact) mass is 729 g/mol. The van der Waals surface area contributed by atoms with Crippen molar-refractivity contribution in [1.29, 1.82) is 0 Å². The van der Waals surface area contributed by atoms with Gasteiger partial charge in [-0.05, 0) is 178 Å². The van der Waals surface area contributed by atoms with Gasteiger partial charge < -0.3 is 9.16 Å². The zero-order valence-electron chi connectivity index (χ0n) is 35.5. The van der Waals surface area contributed by atoms with E-state index in [2.05, 4.69) is 100 Å². The summed E-state index contributed by atoms with van der Waals surface area (Å²) in [7, 11) is -2.26. The molecular formula is C47H72O4Si. The second kappa shape index (κ2) is 12.4. The lowest BCUT2D eigenvalue weighted by Gasteiger charge is -2.72. The highest BCUT2D eigenvalue weighted by Gasteiger charge is 2.72. The number of ether oxygens (including phenoxy) is 1. The molecule has 0 aromatic heterocycles. The van der Waals surface area contributed by atoms with Crippen LogP contribution in [0, 0.1) is 56.7 Å². The van der Waals surface area contributed by atoms with Crippen molar-refractivity contribution in [3.63, 3.8) is 0 Å². The third kappa shape index (κ3) is 5.86. The van der Waals surface area contributed by atoms with Crippen LogP contribution in [0.2, 0.25) is 18.1 Å². The Hall–Kier alpha value is -2.14. The number of fused-ring (bicyclic) bond motifs is 7. The highest BCUT2D eigenvalue weighted by Crippen LogP contribution is 2.78. The summed E-state index contributed by atoms with van der Waals surface area (Å²) in [5.41, 5.74) is 4.21. The number of esters is 1. The molecule has 0 amide bonds. The summed E-state index contributed by atoms with van der Waals surface area (Å²) in [6.07, 6.45) is 12.7. The summed E-state index contributed by atoms with van der Waals surface area (Å²) in [4.78, 5) is 27.5. The van der Waals surface area contributed by atoms with Crippen molar-refractivity contribution in [2.75, 3.05) is 0 Å². The number of hydrogen-bond acceptors (Lipinski definition) is 4. The van der Waals surface area contributed by atoms with Gasteiger partial charge in [-0.25, -0.2) is 4.79 Å². The molecule has 4 nitrogen and oxygen atoms in total. The Labute approximate surface area is 318 Å². The minimum absolute atomic E-state index is 0.00439. The zero-order chi connectivity index (χ0) is 38.7. The van der Waals surface area contributed by atoms with Gasteiger partial charge in [-0.15, -0.1) is 0 Å². The Morgan fingerprint density at radius 3 is 2.02 bits per heavy atom. The Kier molecular flexibility index (Phi) is 9.46. The van der Waals surface area contributed by atoms with E-state index in [1.165, 1.54) is 42.4 Å². The highest BCUT2D eigenvalue weighted by molar-refractivity contribution is 6.75. The van der Waals surface area contributed by atoms with E-state index < -0.39 is 13.9 Å². The quantitative estimate of drug-likeness (QED) is 0.172. The predicted octanol–water partition coefficient (Wildman–Crippen LogP) is 12.8. The molecular weight excluding hydrogens is 657 g/mol. The fourth-order valence-corrected chi connectivity index (χ4v) is 14.2. The van der Waals surface area contributed by atoms with Crippen molar-refractivity contribution in [3.8, 4) is 0 Å². The first-order valence-corrected chi connectivity index (χ1v) is 23.6. The van der Waals surface area contributed by atoms with Crippen molar-refractivity contribution < 1.29 is 18.8 Å². The molecule has 6 rings (SSSR count). The lowest BCUT2D eigenvalue weighted by Crippen LogP contribution is -2.66. The van der Waals surface area contributed by atoms with Gasteiger partial charge in [0.15, 0.2) is 0 Å². The van der Waals surface area contributed by atoms with Gasteiger partial charge in [-0.3, -0.25) is 4.79 Å². The average molecular weight is 729 g/mol. The zero-order valence-corrected chi connectivity index (χ0v) is 36.5. The SMILES string of the molecule is C=C(C)[C@@H]1CC[C@]2(C(=O)O[Si](C)(C)C(C)(C)C)CC[C@]3(C)[C@H](CC[C@@H]4[C@@]5(C)CC=C(c6ccc(C(=O)OC(C)(C)C)cc6)C(C)(C)[C@@H]5CC[C@]43C)[C@@H]12. The molecule has 288 valence electrons. The number of benzene rings is 1. The van der Waals surface area contributed by atoms with Crippen molar-refractivity contribution >= 4 is 25.8 Å². The van der Waals surface area contributed by atoms with Crippen LogP contribution in [-0.4, -0.2) is 25.9 Å². The van der Waals surface area contributed by atoms with Gasteiger partial charge in [0.1, 0.15) is 5.60 Å². The fourth-order valence-electron chi connectivity index (χ4n) is 13.2. The maximum Gasteiger partial charge on any atom is 0.338 e. The lowest BCUT2D eigenvalue weighted by molar-refractivity contribution is -0.227. The maximum atomic E-state index is 14.7. The molecule has 1 aromatic carbocycles. The third-order valence-corrected chi connectivity index (χ3v) is 21.3. The molecule has 5 aliphatic rings. The lowest BCUT2D eigenvalue weighted by atomic mass is 9.32. The van der Waals surface area contributed by atoms with E-state index in [9.17, 15) is 9.59 Å². The summed E-state index contributed by atoms with van der Waals surface area (Å²) in [5, 5.41) is -0.00439. The van der Waals surface area contributed by atoms with E-state index >= 15 is 0 Å². The molecule has 0 aliphatic heterocycles. The minimum atomic E-state index is -2.26. The Balaban J connectivity index is 1.31.